The van der Waals surface area contributed by atoms with E-state index in [1.807, 2.05) is 6.92 Å². The highest BCUT2D eigenvalue weighted by molar-refractivity contribution is 5.90. The van der Waals surface area contributed by atoms with Crippen LogP contribution in [0.3, 0.4) is 0 Å². The molecule has 8 N–H and O–H groups in total. The Labute approximate surface area is 293 Å². The molecule has 4 aliphatic heterocycles. The van der Waals surface area contributed by atoms with Gasteiger partial charge in [-0.2, -0.15) is 0 Å². The highest BCUT2D eigenvalue weighted by Gasteiger charge is 2.56. The van der Waals surface area contributed by atoms with Crippen molar-refractivity contribution in [3.05, 3.63) is 23.7 Å². The molecule has 0 amide bonds. The van der Waals surface area contributed by atoms with E-state index < -0.39 is 123 Å². The van der Waals surface area contributed by atoms with Gasteiger partial charge in [-0.3, -0.25) is 0 Å². The summed E-state index contributed by atoms with van der Waals surface area (Å²) in [6.45, 7) is 2.46. The Bertz CT molecular complexity index is 1320. The first-order valence-electron chi connectivity index (χ1n) is 17.2. The number of methoxy groups -OCH3 is 1. The van der Waals surface area contributed by atoms with Crippen molar-refractivity contribution in [2.45, 2.75) is 113 Å². The lowest BCUT2D eigenvalue weighted by Crippen LogP contribution is -2.60. The molecule has 6 rings (SSSR count). The van der Waals surface area contributed by atoms with Gasteiger partial charge in [-0.05, 0) is 25.2 Å². The zero-order valence-electron chi connectivity index (χ0n) is 28.3. The van der Waals surface area contributed by atoms with Crippen LogP contribution < -0.4 is 0 Å². The summed E-state index contributed by atoms with van der Waals surface area (Å²) in [4.78, 5) is 26.6. The Balaban J connectivity index is 1.17. The molecule has 288 valence electrons. The number of carbonyl (C=O) groups is 2. The molecule has 0 aromatic rings. The summed E-state index contributed by atoms with van der Waals surface area (Å²) in [5.41, 5.74) is 0.439. The minimum atomic E-state index is -1.70. The van der Waals surface area contributed by atoms with Crippen molar-refractivity contribution >= 4 is 11.9 Å². The summed E-state index contributed by atoms with van der Waals surface area (Å²) in [5, 5.41) is 81.1. The van der Waals surface area contributed by atoms with Crippen molar-refractivity contribution in [1.82, 2.24) is 0 Å². The van der Waals surface area contributed by atoms with E-state index in [2.05, 4.69) is 0 Å². The van der Waals surface area contributed by atoms with Gasteiger partial charge in [0.05, 0.1) is 44.0 Å². The first kappa shape index (κ1) is 38.3. The van der Waals surface area contributed by atoms with E-state index in [1.54, 1.807) is 6.92 Å². The zero-order valence-corrected chi connectivity index (χ0v) is 28.3. The Morgan fingerprint density at radius 3 is 1.71 bits per heavy atom. The highest BCUT2D eigenvalue weighted by Crippen LogP contribution is 2.51. The van der Waals surface area contributed by atoms with E-state index >= 15 is 0 Å². The van der Waals surface area contributed by atoms with Gasteiger partial charge in [0.25, 0.3) is 0 Å². The molecule has 4 heterocycles. The monoisotopic (exact) mass is 732 g/mol. The SMILES string of the molecule is COC(=O)C1=CO[C@@H](O[C@@H]2O[C@H](CO)[C@@H](O)[C@H](O)[C@H]2O)[C@H]2[C@@H](C)[C@@H](OC(=O)C3=CO[C@@H](O[C@@H]4O[C@H](CO)[C@@H](O)[C@H](O)[C@H]4O)[C@H]4[C@@H]3CC[C@@H]4C)C[C@H]12. The molecule has 51 heavy (non-hydrogen) atoms. The average Bonchev–Trinajstić information content (AvgIpc) is 3.67. The van der Waals surface area contributed by atoms with Gasteiger partial charge < -0.3 is 78.7 Å². The van der Waals surface area contributed by atoms with Crippen molar-refractivity contribution in [1.29, 1.82) is 0 Å². The predicted molar refractivity (Wildman–Crippen MR) is 164 cm³/mol. The van der Waals surface area contributed by atoms with Gasteiger partial charge in [0.1, 0.15) is 54.9 Å². The quantitative estimate of drug-likeness (QED) is 0.111. The molecule has 18 nitrogen and oxygen atoms in total. The van der Waals surface area contributed by atoms with E-state index in [-0.39, 0.29) is 35.3 Å². The number of aliphatic hydroxyl groups excluding tert-OH is 8. The lowest BCUT2D eigenvalue weighted by Gasteiger charge is -2.43. The molecule has 0 radical (unpaired) electrons. The van der Waals surface area contributed by atoms with Gasteiger partial charge in [-0.1, -0.05) is 13.8 Å². The summed E-state index contributed by atoms with van der Waals surface area (Å²) in [5.74, 6) is -3.78. The molecule has 4 fully saturated rings. The van der Waals surface area contributed by atoms with Crippen LogP contribution >= 0.6 is 0 Å². The summed E-state index contributed by atoms with van der Waals surface area (Å²) in [6.07, 6.45) is -14.2. The maximum atomic E-state index is 13.9. The van der Waals surface area contributed by atoms with Crippen LogP contribution in [-0.2, 0) is 47.5 Å². The Kier molecular flexibility index (Phi) is 11.6. The van der Waals surface area contributed by atoms with E-state index in [0.717, 1.165) is 0 Å². The molecule has 18 heteroatoms. The molecule has 2 saturated carbocycles. The third kappa shape index (κ3) is 7.02. The minimum Gasteiger partial charge on any atom is -0.472 e. The van der Waals surface area contributed by atoms with Crippen LogP contribution in [0.25, 0.3) is 0 Å². The van der Waals surface area contributed by atoms with Crippen molar-refractivity contribution in [2.75, 3.05) is 20.3 Å². The average molecular weight is 733 g/mol. The second kappa shape index (κ2) is 15.5. The van der Waals surface area contributed by atoms with E-state index in [0.29, 0.717) is 12.8 Å². The summed E-state index contributed by atoms with van der Waals surface area (Å²) in [7, 11) is 1.22. The van der Waals surface area contributed by atoms with Crippen molar-refractivity contribution < 1.29 is 88.3 Å². The lowest BCUT2D eigenvalue weighted by molar-refractivity contribution is -0.342. The second-order valence-electron chi connectivity index (χ2n) is 14.3. The van der Waals surface area contributed by atoms with Gasteiger partial charge in [-0.15, -0.1) is 0 Å². The van der Waals surface area contributed by atoms with Crippen LogP contribution in [0.4, 0.5) is 0 Å². The van der Waals surface area contributed by atoms with Crippen molar-refractivity contribution in [3.8, 4) is 0 Å². The number of carbonyl (C=O) groups excluding carboxylic acids is 2. The van der Waals surface area contributed by atoms with Crippen LogP contribution in [0.5, 0.6) is 0 Å². The standard InChI is InChI=1S/C33H48O18/c1-11-4-5-13-15(9-45-30(20(11)13)50-32-26(40)24(38)22(36)18(7-34)48-32)29(43)47-17-6-14-16(28(42)44-3)10-46-31(21(14)12(17)2)51-33-27(41)25(39)23(37)19(8-35)49-33/h9-14,17-27,30-41H,4-8H2,1-3H3/t11-,12-,13+,14+,17-,18+,19+,20+,21-,22+,23+,24-,25-,26+,27+,30-,31-,32-,33-/m0/s1. The fourth-order valence-electron chi connectivity index (χ4n) is 8.44. The molecule has 0 aromatic heterocycles. The third-order valence-electron chi connectivity index (χ3n) is 11.4. The minimum absolute atomic E-state index is 0.000106. The number of esters is 2. The molecule has 0 unspecified atom stereocenters. The molecule has 19 atom stereocenters. The number of rotatable bonds is 9. The van der Waals surface area contributed by atoms with Crippen LogP contribution in [0.1, 0.15) is 33.1 Å². The topological polar surface area (TPSA) is 270 Å². The second-order valence-corrected chi connectivity index (χ2v) is 14.3. The molecule has 2 saturated heterocycles. The van der Waals surface area contributed by atoms with Crippen molar-refractivity contribution in [2.24, 2.45) is 35.5 Å². The first-order chi connectivity index (χ1) is 24.3. The first-order valence-corrected chi connectivity index (χ1v) is 17.2. The fourth-order valence-corrected chi connectivity index (χ4v) is 8.44. The zero-order chi connectivity index (χ0) is 36.9. The third-order valence-corrected chi connectivity index (χ3v) is 11.4. The van der Waals surface area contributed by atoms with E-state index in [1.165, 1.54) is 19.6 Å². The van der Waals surface area contributed by atoms with Gasteiger partial charge >= 0.3 is 11.9 Å². The van der Waals surface area contributed by atoms with Crippen molar-refractivity contribution in [3.63, 3.8) is 0 Å². The molecular weight excluding hydrogens is 684 g/mol. The van der Waals surface area contributed by atoms with Crippen LogP contribution in [0.2, 0.25) is 0 Å². The van der Waals surface area contributed by atoms with Crippen LogP contribution in [0.15, 0.2) is 23.7 Å². The van der Waals surface area contributed by atoms with Gasteiger partial charge in [0.15, 0.2) is 12.6 Å². The molecule has 6 aliphatic rings. The smallest absolute Gasteiger partial charge is 0.337 e. The Morgan fingerprint density at radius 1 is 0.686 bits per heavy atom. The molecule has 2 aliphatic carbocycles. The van der Waals surface area contributed by atoms with Crippen LogP contribution in [0, 0.1) is 35.5 Å². The number of hydrogen-bond donors (Lipinski definition) is 8. The summed E-state index contributed by atoms with van der Waals surface area (Å²) < 4.78 is 45.7. The normalized spacial score (nSPS) is 47.9. The Morgan fingerprint density at radius 2 is 1.20 bits per heavy atom. The van der Waals surface area contributed by atoms with Gasteiger partial charge in [0, 0.05) is 29.6 Å². The fraction of sp³-hybridized carbons (Fsp3) is 0.818. The van der Waals surface area contributed by atoms with Crippen LogP contribution in [-0.4, -0.2) is 153 Å². The summed E-state index contributed by atoms with van der Waals surface area (Å²) in [6, 6.07) is 0. The summed E-state index contributed by atoms with van der Waals surface area (Å²) >= 11 is 0. The number of fused-ring (bicyclic) bond motifs is 2. The molecular formula is C33H48O18. The van der Waals surface area contributed by atoms with E-state index in [9.17, 15) is 50.4 Å². The highest BCUT2D eigenvalue weighted by atomic mass is 16.8. The number of hydrogen-bond acceptors (Lipinski definition) is 18. The molecule has 0 spiro atoms. The van der Waals surface area contributed by atoms with Gasteiger partial charge in [0.2, 0.25) is 12.6 Å². The predicted octanol–water partition coefficient (Wildman–Crippen LogP) is -2.88. The number of ether oxygens (including phenoxy) is 8. The lowest BCUT2D eigenvalue weighted by atomic mass is 9.83. The molecule has 0 bridgehead atoms. The molecule has 0 aromatic carbocycles. The maximum absolute atomic E-state index is 13.9. The largest absolute Gasteiger partial charge is 0.472 e. The Hall–Kier alpha value is -2.46. The maximum Gasteiger partial charge on any atom is 0.337 e. The van der Waals surface area contributed by atoms with E-state index in [4.69, 9.17) is 37.9 Å². The van der Waals surface area contributed by atoms with Gasteiger partial charge in [-0.25, -0.2) is 9.59 Å². The number of aliphatic hydroxyl groups is 8.